The lowest BCUT2D eigenvalue weighted by atomic mass is 9.53. The highest BCUT2D eigenvalue weighted by Gasteiger charge is 2.53. The molecule has 4 aliphatic rings. The molecular weight excluding hydrogens is 258 g/mol. The third kappa shape index (κ3) is 1.73. The van der Waals surface area contributed by atoms with E-state index in [2.05, 4.69) is 45.3 Å². The third-order valence-electron chi connectivity index (χ3n) is 6.07. The fraction of sp³-hybridized carbons (Fsp3) is 0.556. The number of hydrogen-bond acceptors (Lipinski definition) is 2. The zero-order valence-electron chi connectivity index (χ0n) is 12.3. The Morgan fingerprint density at radius 1 is 0.905 bits per heavy atom. The number of rotatable bonds is 2. The van der Waals surface area contributed by atoms with Gasteiger partial charge in [-0.1, -0.05) is 35.5 Å². The molecule has 0 radical (unpaired) electrons. The van der Waals surface area contributed by atoms with Gasteiger partial charge in [0.15, 0.2) is 0 Å². The second-order valence-electron chi connectivity index (χ2n) is 7.54. The van der Waals surface area contributed by atoms with Crippen LogP contribution in [0.3, 0.4) is 0 Å². The highest BCUT2D eigenvalue weighted by molar-refractivity contribution is 5.58. The molecule has 0 unspecified atom stereocenters. The Morgan fingerprint density at radius 3 is 2.14 bits per heavy atom. The van der Waals surface area contributed by atoms with Crippen molar-refractivity contribution < 1.29 is 0 Å². The molecule has 0 atom stereocenters. The van der Waals surface area contributed by atoms with Gasteiger partial charge in [0.2, 0.25) is 0 Å². The summed E-state index contributed by atoms with van der Waals surface area (Å²) >= 11 is 0. The molecule has 4 fully saturated rings. The van der Waals surface area contributed by atoms with Crippen LogP contribution >= 0.6 is 0 Å². The minimum absolute atomic E-state index is 0.260. The summed E-state index contributed by atoms with van der Waals surface area (Å²) in [4.78, 5) is 0. The topological polar surface area (TPSA) is 30.7 Å². The molecule has 4 bridgehead atoms. The molecule has 1 aromatic heterocycles. The Bertz CT molecular complexity index is 623. The van der Waals surface area contributed by atoms with Crippen molar-refractivity contribution in [3.63, 3.8) is 0 Å². The van der Waals surface area contributed by atoms with Crippen LogP contribution in [0.25, 0.3) is 11.3 Å². The van der Waals surface area contributed by atoms with Crippen LogP contribution in [0.1, 0.15) is 38.5 Å². The Kier molecular flexibility index (Phi) is 2.38. The van der Waals surface area contributed by atoms with Crippen molar-refractivity contribution in [2.45, 2.75) is 44.1 Å². The van der Waals surface area contributed by atoms with Crippen molar-refractivity contribution in [3.05, 3.63) is 36.5 Å². The summed E-state index contributed by atoms with van der Waals surface area (Å²) in [7, 11) is 0. The minimum Gasteiger partial charge on any atom is -0.239 e. The van der Waals surface area contributed by atoms with Gasteiger partial charge in [0, 0.05) is 5.56 Å². The van der Waals surface area contributed by atoms with Crippen LogP contribution in [0.5, 0.6) is 0 Å². The number of aromatic nitrogens is 3. The highest BCUT2D eigenvalue weighted by atomic mass is 15.5. The lowest BCUT2D eigenvalue weighted by Gasteiger charge is -2.56. The zero-order chi connectivity index (χ0) is 13.9. The smallest absolute Gasteiger partial charge is 0.0892 e. The van der Waals surface area contributed by atoms with Crippen molar-refractivity contribution in [2.24, 2.45) is 17.8 Å². The van der Waals surface area contributed by atoms with E-state index in [0.29, 0.717) is 0 Å². The molecule has 1 aromatic carbocycles. The number of benzene rings is 1. The van der Waals surface area contributed by atoms with E-state index >= 15 is 0 Å². The highest BCUT2D eigenvalue weighted by Crippen LogP contribution is 2.59. The van der Waals surface area contributed by atoms with Crippen LogP contribution in [-0.4, -0.2) is 15.0 Å². The average molecular weight is 279 g/mol. The largest absolute Gasteiger partial charge is 0.239 e. The van der Waals surface area contributed by atoms with Gasteiger partial charge in [-0.3, -0.25) is 0 Å². The fourth-order valence-electron chi connectivity index (χ4n) is 5.72. The summed E-state index contributed by atoms with van der Waals surface area (Å²) in [6.45, 7) is 0. The van der Waals surface area contributed by atoms with Crippen LogP contribution in [0.15, 0.2) is 36.5 Å². The third-order valence-corrected chi connectivity index (χ3v) is 6.07. The SMILES string of the molecule is c1ccc(-c2cnnn2C23CC4CC(CC(C4)C2)C3)cc1. The molecule has 4 saturated carbocycles. The van der Waals surface area contributed by atoms with E-state index < -0.39 is 0 Å². The van der Waals surface area contributed by atoms with Crippen LogP contribution < -0.4 is 0 Å². The van der Waals surface area contributed by atoms with Crippen LogP contribution in [0.2, 0.25) is 0 Å². The summed E-state index contributed by atoms with van der Waals surface area (Å²) in [5, 5.41) is 8.82. The summed E-state index contributed by atoms with van der Waals surface area (Å²) in [5.74, 6) is 2.80. The van der Waals surface area contributed by atoms with Gasteiger partial charge < -0.3 is 0 Å². The van der Waals surface area contributed by atoms with Crippen molar-refractivity contribution in [3.8, 4) is 11.3 Å². The van der Waals surface area contributed by atoms with E-state index in [0.717, 1.165) is 17.8 Å². The molecule has 4 aliphatic carbocycles. The number of nitrogens with zero attached hydrogens (tertiary/aromatic N) is 3. The van der Waals surface area contributed by atoms with Gasteiger partial charge in [0.05, 0.1) is 17.4 Å². The van der Waals surface area contributed by atoms with Crippen LogP contribution in [-0.2, 0) is 5.54 Å². The molecule has 21 heavy (non-hydrogen) atoms. The van der Waals surface area contributed by atoms with Gasteiger partial charge in [-0.2, -0.15) is 0 Å². The maximum atomic E-state index is 4.55. The lowest BCUT2D eigenvalue weighted by Crippen LogP contribution is -2.52. The molecular formula is C18H21N3. The van der Waals surface area contributed by atoms with Gasteiger partial charge >= 0.3 is 0 Å². The first-order valence-electron chi connectivity index (χ1n) is 8.29. The molecule has 3 nitrogen and oxygen atoms in total. The Morgan fingerprint density at radius 2 is 1.52 bits per heavy atom. The molecule has 0 amide bonds. The maximum Gasteiger partial charge on any atom is 0.0892 e. The molecule has 6 rings (SSSR count). The van der Waals surface area contributed by atoms with Crippen LogP contribution in [0, 0.1) is 17.8 Å². The predicted octanol–water partition coefficient (Wildman–Crippen LogP) is 3.87. The van der Waals surface area contributed by atoms with Gasteiger partial charge in [0.25, 0.3) is 0 Å². The monoisotopic (exact) mass is 279 g/mol. The summed E-state index contributed by atoms with van der Waals surface area (Å²) in [6, 6.07) is 10.6. The summed E-state index contributed by atoms with van der Waals surface area (Å²) in [6.07, 6.45) is 10.3. The van der Waals surface area contributed by atoms with Gasteiger partial charge in [-0.25, -0.2) is 4.68 Å². The molecule has 2 aromatic rings. The van der Waals surface area contributed by atoms with Crippen molar-refractivity contribution in [1.29, 1.82) is 0 Å². The molecule has 0 spiro atoms. The van der Waals surface area contributed by atoms with Gasteiger partial charge in [0.1, 0.15) is 0 Å². The maximum absolute atomic E-state index is 4.55. The first-order chi connectivity index (χ1) is 10.3. The van der Waals surface area contributed by atoms with Crippen LogP contribution in [0.4, 0.5) is 0 Å². The molecule has 108 valence electrons. The summed E-state index contributed by atoms with van der Waals surface area (Å²) < 4.78 is 2.30. The number of hydrogen-bond donors (Lipinski definition) is 0. The van der Waals surface area contributed by atoms with Crippen molar-refractivity contribution >= 4 is 0 Å². The Labute approximate surface area is 125 Å². The molecule has 0 aliphatic heterocycles. The second kappa shape index (κ2) is 4.19. The molecule has 0 N–H and O–H groups in total. The van der Waals surface area contributed by atoms with E-state index in [1.54, 1.807) is 0 Å². The molecule has 3 heteroatoms. The zero-order valence-corrected chi connectivity index (χ0v) is 12.3. The molecule has 0 saturated heterocycles. The summed E-state index contributed by atoms with van der Waals surface area (Å²) in [5.41, 5.74) is 2.71. The van der Waals surface area contributed by atoms with E-state index in [9.17, 15) is 0 Å². The Balaban J connectivity index is 1.61. The first kappa shape index (κ1) is 12.0. The fourth-order valence-corrected chi connectivity index (χ4v) is 5.72. The average Bonchev–Trinajstić information content (AvgIpc) is 2.97. The normalized spacial score (nSPS) is 37.0. The van der Waals surface area contributed by atoms with E-state index in [4.69, 9.17) is 0 Å². The van der Waals surface area contributed by atoms with E-state index in [-0.39, 0.29) is 5.54 Å². The minimum atomic E-state index is 0.260. The van der Waals surface area contributed by atoms with Gasteiger partial charge in [-0.15, -0.1) is 5.10 Å². The lowest BCUT2D eigenvalue weighted by molar-refractivity contribution is -0.0493. The quantitative estimate of drug-likeness (QED) is 0.835. The molecule has 1 heterocycles. The first-order valence-corrected chi connectivity index (χ1v) is 8.29. The van der Waals surface area contributed by atoms with Crippen molar-refractivity contribution in [2.75, 3.05) is 0 Å². The van der Waals surface area contributed by atoms with Crippen molar-refractivity contribution in [1.82, 2.24) is 15.0 Å². The van der Waals surface area contributed by atoms with Gasteiger partial charge in [-0.05, 0) is 56.3 Å². The van der Waals surface area contributed by atoms with E-state index in [1.807, 2.05) is 6.20 Å². The second-order valence-corrected chi connectivity index (χ2v) is 7.54. The van der Waals surface area contributed by atoms with E-state index in [1.165, 1.54) is 49.8 Å². The standard InChI is InChI=1S/C18H21N3/c1-2-4-16(5-3-1)17-12-19-20-21(17)18-9-13-6-14(10-18)8-15(7-13)11-18/h1-5,12-15H,6-11H2. The Hall–Kier alpha value is -1.64. The predicted molar refractivity (Wildman–Crippen MR) is 81.6 cm³/mol.